The van der Waals surface area contributed by atoms with Crippen molar-refractivity contribution in [2.24, 2.45) is 5.84 Å². The molecule has 1 aromatic rings. The second kappa shape index (κ2) is 6.36. The van der Waals surface area contributed by atoms with Crippen molar-refractivity contribution in [3.63, 3.8) is 0 Å². The molecule has 0 amide bonds. The van der Waals surface area contributed by atoms with E-state index in [1.165, 1.54) is 0 Å². The fourth-order valence-electron chi connectivity index (χ4n) is 1.55. The third-order valence-electron chi connectivity index (χ3n) is 2.49. The van der Waals surface area contributed by atoms with Gasteiger partial charge in [-0.25, -0.2) is 15.8 Å². The maximum absolute atomic E-state index is 9.15. The molecule has 0 aliphatic carbocycles. The van der Waals surface area contributed by atoms with Crippen LogP contribution < -0.4 is 16.6 Å². The summed E-state index contributed by atoms with van der Waals surface area (Å²) in [6, 6.07) is 0. The number of aliphatic hydroxyl groups is 1. The smallest absolute Gasteiger partial charge is 0.148 e. The second-order valence-corrected chi connectivity index (χ2v) is 4.16. The van der Waals surface area contributed by atoms with E-state index < -0.39 is 0 Å². The number of aryl methyl sites for hydroxylation is 1. The number of aliphatic hydroxyl groups excluding tert-OH is 1. The lowest BCUT2D eigenvalue weighted by molar-refractivity contribution is 0.183. The molecule has 17 heavy (non-hydrogen) atoms. The van der Waals surface area contributed by atoms with Crippen molar-refractivity contribution in [1.82, 2.24) is 9.97 Å². The molecule has 6 nitrogen and oxygen atoms in total. The number of aromatic nitrogens is 2. The molecule has 0 bridgehead atoms. The summed E-state index contributed by atoms with van der Waals surface area (Å²) in [4.78, 5) is 8.50. The Morgan fingerprint density at radius 1 is 1.29 bits per heavy atom. The number of hydrazine groups is 1. The van der Waals surface area contributed by atoms with Gasteiger partial charge < -0.3 is 15.8 Å². The van der Waals surface area contributed by atoms with E-state index in [1.54, 1.807) is 6.92 Å². The molecule has 0 saturated heterocycles. The summed E-state index contributed by atoms with van der Waals surface area (Å²) < 4.78 is 0. The van der Waals surface area contributed by atoms with Gasteiger partial charge in [-0.2, -0.15) is 0 Å². The van der Waals surface area contributed by atoms with Crippen LogP contribution in [0.1, 0.15) is 31.2 Å². The lowest BCUT2D eigenvalue weighted by atomic mass is 10.2. The zero-order valence-electron chi connectivity index (χ0n) is 10.6. The normalized spacial score (nSPS) is 12.3. The number of nitrogens with two attached hydrogens (primary N) is 1. The minimum absolute atomic E-state index is 0.258. The Labute approximate surface area is 102 Å². The van der Waals surface area contributed by atoms with E-state index in [0.717, 1.165) is 30.8 Å². The number of anilines is 2. The van der Waals surface area contributed by atoms with E-state index in [9.17, 15) is 0 Å². The zero-order valence-corrected chi connectivity index (χ0v) is 10.6. The van der Waals surface area contributed by atoms with Crippen LogP contribution in [0.25, 0.3) is 0 Å². The summed E-state index contributed by atoms with van der Waals surface area (Å²) in [5.74, 6) is 7.47. The predicted molar refractivity (Wildman–Crippen MR) is 68.7 cm³/mol. The van der Waals surface area contributed by atoms with Crippen molar-refractivity contribution in [3.8, 4) is 0 Å². The van der Waals surface area contributed by atoms with E-state index in [4.69, 9.17) is 10.9 Å². The van der Waals surface area contributed by atoms with Crippen molar-refractivity contribution < 1.29 is 5.11 Å². The quantitative estimate of drug-likeness (QED) is 0.335. The first-order valence-electron chi connectivity index (χ1n) is 5.78. The lowest BCUT2D eigenvalue weighted by Crippen LogP contribution is -2.15. The van der Waals surface area contributed by atoms with Gasteiger partial charge in [-0.15, -0.1) is 0 Å². The first-order valence-corrected chi connectivity index (χ1v) is 5.78. The average molecular weight is 239 g/mol. The van der Waals surface area contributed by atoms with E-state index in [-0.39, 0.29) is 6.10 Å². The number of nitrogen functional groups attached to an aromatic ring is 1. The summed E-state index contributed by atoms with van der Waals surface area (Å²) in [5.41, 5.74) is 3.45. The molecule has 6 heteroatoms. The molecule has 0 spiro atoms. The van der Waals surface area contributed by atoms with Gasteiger partial charge in [0.25, 0.3) is 0 Å². The SMILES string of the molecule is Cc1nc(NN)c(C)c(NCCCC(C)O)n1. The topological polar surface area (TPSA) is 96.1 Å². The first kappa shape index (κ1) is 13.7. The third-order valence-corrected chi connectivity index (χ3v) is 2.49. The van der Waals surface area contributed by atoms with Crippen molar-refractivity contribution in [2.45, 2.75) is 39.7 Å². The predicted octanol–water partition coefficient (Wildman–Crippen LogP) is 0.952. The van der Waals surface area contributed by atoms with Gasteiger partial charge in [-0.3, -0.25) is 0 Å². The van der Waals surface area contributed by atoms with Gasteiger partial charge >= 0.3 is 0 Å². The molecule has 1 rings (SSSR count). The number of nitrogens with zero attached hydrogens (tertiary/aromatic N) is 2. The van der Waals surface area contributed by atoms with Crippen LogP contribution >= 0.6 is 0 Å². The first-order chi connectivity index (χ1) is 8.04. The van der Waals surface area contributed by atoms with E-state index in [2.05, 4.69) is 20.7 Å². The summed E-state index contributed by atoms with van der Waals surface area (Å²) in [5, 5.41) is 12.4. The molecule has 1 aromatic heterocycles. The van der Waals surface area contributed by atoms with Crippen LogP contribution in [0.5, 0.6) is 0 Å². The van der Waals surface area contributed by atoms with Crippen molar-refractivity contribution in [2.75, 3.05) is 17.3 Å². The molecule has 0 aliphatic rings. The van der Waals surface area contributed by atoms with Gasteiger partial charge in [0.05, 0.1) is 6.10 Å². The van der Waals surface area contributed by atoms with Gasteiger partial charge in [-0.1, -0.05) is 0 Å². The monoisotopic (exact) mass is 239 g/mol. The fourth-order valence-corrected chi connectivity index (χ4v) is 1.55. The van der Waals surface area contributed by atoms with Gasteiger partial charge in [0, 0.05) is 12.1 Å². The van der Waals surface area contributed by atoms with Crippen LogP contribution in [0.15, 0.2) is 0 Å². The molecular formula is C11H21N5O. The van der Waals surface area contributed by atoms with E-state index >= 15 is 0 Å². The average Bonchev–Trinajstić information content (AvgIpc) is 2.28. The molecule has 1 heterocycles. The second-order valence-electron chi connectivity index (χ2n) is 4.16. The number of rotatable bonds is 6. The minimum Gasteiger partial charge on any atom is -0.393 e. The zero-order chi connectivity index (χ0) is 12.8. The fraction of sp³-hybridized carbons (Fsp3) is 0.636. The van der Waals surface area contributed by atoms with Gasteiger partial charge in [0.1, 0.15) is 17.5 Å². The van der Waals surface area contributed by atoms with Crippen molar-refractivity contribution in [3.05, 3.63) is 11.4 Å². The van der Waals surface area contributed by atoms with Crippen LogP contribution in [0.2, 0.25) is 0 Å². The molecule has 0 aromatic carbocycles. The van der Waals surface area contributed by atoms with Gasteiger partial charge in [-0.05, 0) is 33.6 Å². The molecule has 1 atom stereocenters. The molecular weight excluding hydrogens is 218 g/mol. The van der Waals surface area contributed by atoms with E-state index in [0.29, 0.717) is 11.6 Å². The van der Waals surface area contributed by atoms with Crippen molar-refractivity contribution in [1.29, 1.82) is 0 Å². The van der Waals surface area contributed by atoms with Crippen LogP contribution in [0.3, 0.4) is 0 Å². The number of hydrogen-bond acceptors (Lipinski definition) is 6. The Hall–Kier alpha value is -1.40. The molecule has 1 unspecified atom stereocenters. The molecule has 5 N–H and O–H groups in total. The summed E-state index contributed by atoms with van der Waals surface area (Å²) in [6.45, 7) is 6.29. The largest absolute Gasteiger partial charge is 0.393 e. The Balaban J connectivity index is 2.61. The summed E-state index contributed by atoms with van der Waals surface area (Å²) in [6.07, 6.45) is 1.41. The highest BCUT2D eigenvalue weighted by molar-refractivity contribution is 5.56. The molecule has 0 radical (unpaired) electrons. The molecule has 0 aliphatic heterocycles. The summed E-state index contributed by atoms with van der Waals surface area (Å²) in [7, 11) is 0. The van der Waals surface area contributed by atoms with Gasteiger partial charge in [0.15, 0.2) is 0 Å². The van der Waals surface area contributed by atoms with Crippen LogP contribution in [0.4, 0.5) is 11.6 Å². The Morgan fingerprint density at radius 3 is 2.53 bits per heavy atom. The molecule has 96 valence electrons. The maximum atomic E-state index is 9.15. The number of nitrogens with one attached hydrogen (secondary N) is 2. The Bertz CT molecular complexity index is 367. The van der Waals surface area contributed by atoms with Gasteiger partial charge in [0.2, 0.25) is 0 Å². The van der Waals surface area contributed by atoms with Crippen LogP contribution in [-0.2, 0) is 0 Å². The third kappa shape index (κ3) is 4.16. The lowest BCUT2D eigenvalue weighted by Gasteiger charge is -2.12. The van der Waals surface area contributed by atoms with Crippen molar-refractivity contribution >= 4 is 11.6 Å². The maximum Gasteiger partial charge on any atom is 0.148 e. The molecule has 0 fully saturated rings. The number of hydrogen-bond donors (Lipinski definition) is 4. The Kier molecular flexibility index (Phi) is 5.11. The highest BCUT2D eigenvalue weighted by atomic mass is 16.3. The standard InChI is InChI=1S/C11H21N5O/c1-7(17)5-4-6-13-10-8(2)11(16-12)15-9(3)14-10/h7,17H,4-6,12H2,1-3H3,(H2,13,14,15,16). The Morgan fingerprint density at radius 2 is 1.94 bits per heavy atom. The minimum atomic E-state index is -0.258. The van der Waals surface area contributed by atoms with Crippen LogP contribution in [0, 0.1) is 13.8 Å². The molecule has 0 saturated carbocycles. The highest BCUT2D eigenvalue weighted by Crippen LogP contribution is 2.18. The van der Waals surface area contributed by atoms with E-state index in [1.807, 2.05) is 13.8 Å². The summed E-state index contributed by atoms with van der Waals surface area (Å²) >= 11 is 0. The van der Waals surface area contributed by atoms with Crippen LogP contribution in [-0.4, -0.2) is 27.7 Å². The highest BCUT2D eigenvalue weighted by Gasteiger charge is 2.07.